The van der Waals surface area contributed by atoms with Crippen LogP contribution >= 0.6 is 11.3 Å². The molecule has 0 atom stereocenters. The summed E-state index contributed by atoms with van der Waals surface area (Å²) < 4.78 is 0. The summed E-state index contributed by atoms with van der Waals surface area (Å²) in [6.07, 6.45) is 0. The SMILES string of the molecule is C=C(C)c1n[nH]c(=O)s1. The molecule has 0 saturated carbocycles. The van der Waals surface area contributed by atoms with E-state index in [0.717, 1.165) is 16.9 Å². The molecule has 1 aromatic rings. The number of nitrogens with one attached hydrogen (secondary N) is 1. The molecule has 0 saturated heterocycles. The van der Waals surface area contributed by atoms with Gasteiger partial charge in [0, 0.05) is 0 Å². The predicted molar refractivity (Wildman–Crippen MR) is 37.4 cm³/mol. The van der Waals surface area contributed by atoms with Gasteiger partial charge in [0.25, 0.3) is 0 Å². The minimum atomic E-state index is -0.131. The van der Waals surface area contributed by atoms with Gasteiger partial charge in [-0.2, -0.15) is 5.10 Å². The second kappa shape index (κ2) is 2.14. The first kappa shape index (κ1) is 6.22. The first-order chi connectivity index (χ1) is 4.20. The van der Waals surface area contributed by atoms with E-state index in [1.165, 1.54) is 0 Å². The Morgan fingerprint density at radius 1 is 1.89 bits per heavy atom. The Labute approximate surface area is 56.0 Å². The van der Waals surface area contributed by atoms with Crippen LogP contribution in [-0.4, -0.2) is 10.2 Å². The fourth-order valence-corrected chi connectivity index (χ4v) is 0.945. The van der Waals surface area contributed by atoms with Crippen LogP contribution in [0.2, 0.25) is 0 Å². The fourth-order valence-electron chi connectivity index (χ4n) is 0.412. The van der Waals surface area contributed by atoms with Crippen molar-refractivity contribution < 1.29 is 0 Å². The maximum atomic E-state index is 10.5. The Kier molecular flexibility index (Phi) is 1.48. The highest BCUT2D eigenvalue weighted by atomic mass is 32.1. The van der Waals surface area contributed by atoms with Crippen LogP contribution in [-0.2, 0) is 0 Å². The molecule has 0 bridgehead atoms. The van der Waals surface area contributed by atoms with E-state index < -0.39 is 0 Å². The summed E-state index contributed by atoms with van der Waals surface area (Å²) in [4.78, 5) is 10.3. The van der Waals surface area contributed by atoms with Crippen molar-refractivity contribution in [3.8, 4) is 0 Å². The maximum absolute atomic E-state index is 10.5. The van der Waals surface area contributed by atoms with Gasteiger partial charge in [0.15, 0.2) is 0 Å². The highest BCUT2D eigenvalue weighted by Crippen LogP contribution is 2.07. The van der Waals surface area contributed by atoms with E-state index in [4.69, 9.17) is 0 Å². The molecule has 0 aliphatic rings. The third-order valence-corrected chi connectivity index (χ3v) is 1.71. The summed E-state index contributed by atoms with van der Waals surface area (Å²) in [5, 5.41) is 6.68. The molecule has 48 valence electrons. The lowest BCUT2D eigenvalue weighted by Crippen LogP contribution is -1.90. The van der Waals surface area contributed by atoms with Crippen molar-refractivity contribution in [2.24, 2.45) is 0 Å². The molecule has 0 spiro atoms. The van der Waals surface area contributed by atoms with E-state index in [1.54, 1.807) is 0 Å². The van der Waals surface area contributed by atoms with Gasteiger partial charge in [0.2, 0.25) is 0 Å². The van der Waals surface area contributed by atoms with Crippen LogP contribution in [0.1, 0.15) is 11.9 Å². The molecular formula is C5H6N2OS. The number of rotatable bonds is 1. The van der Waals surface area contributed by atoms with Crippen LogP contribution in [0.4, 0.5) is 0 Å². The Balaban J connectivity index is 3.12. The molecule has 0 aliphatic carbocycles. The van der Waals surface area contributed by atoms with Crippen molar-refractivity contribution in [3.05, 3.63) is 21.3 Å². The molecule has 0 radical (unpaired) electrons. The standard InChI is InChI=1S/C5H6N2OS/c1-3(2)4-6-7-5(8)9-4/h1H2,2H3,(H,7,8). The van der Waals surface area contributed by atoms with Crippen molar-refractivity contribution in [3.63, 3.8) is 0 Å². The number of nitrogens with zero attached hydrogens (tertiary/aromatic N) is 1. The Hall–Kier alpha value is -0.900. The van der Waals surface area contributed by atoms with Gasteiger partial charge in [-0.15, -0.1) is 0 Å². The number of aromatic nitrogens is 2. The lowest BCUT2D eigenvalue weighted by atomic mass is 10.4. The minimum absolute atomic E-state index is 0.131. The van der Waals surface area contributed by atoms with Crippen molar-refractivity contribution in [2.75, 3.05) is 0 Å². The monoisotopic (exact) mass is 142 g/mol. The first-order valence-electron chi connectivity index (χ1n) is 2.41. The molecule has 0 amide bonds. The van der Waals surface area contributed by atoms with Gasteiger partial charge < -0.3 is 0 Å². The molecule has 1 aromatic heterocycles. The highest BCUT2D eigenvalue weighted by Gasteiger charge is 1.96. The molecule has 9 heavy (non-hydrogen) atoms. The quantitative estimate of drug-likeness (QED) is 0.632. The van der Waals surface area contributed by atoms with Gasteiger partial charge in [-0.25, -0.2) is 5.10 Å². The van der Waals surface area contributed by atoms with Crippen LogP contribution in [0.25, 0.3) is 5.57 Å². The average Bonchev–Trinajstić information content (AvgIpc) is 2.14. The lowest BCUT2D eigenvalue weighted by Gasteiger charge is -1.82. The summed E-state index contributed by atoms with van der Waals surface area (Å²) in [6, 6.07) is 0. The molecule has 1 heterocycles. The second-order valence-electron chi connectivity index (χ2n) is 1.70. The Bertz CT molecular complexity index is 272. The van der Waals surface area contributed by atoms with Crippen molar-refractivity contribution in [1.82, 2.24) is 10.2 Å². The highest BCUT2D eigenvalue weighted by molar-refractivity contribution is 7.09. The van der Waals surface area contributed by atoms with Gasteiger partial charge in [-0.3, -0.25) is 4.79 Å². The van der Waals surface area contributed by atoms with Gasteiger partial charge in [0.05, 0.1) is 0 Å². The molecule has 1 N–H and O–H groups in total. The number of aromatic amines is 1. The van der Waals surface area contributed by atoms with Gasteiger partial charge >= 0.3 is 4.87 Å². The fraction of sp³-hybridized carbons (Fsp3) is 0.200. The minimum Gasteiger partial charge on any atom is -0.255 e. The average molecular weight is 142 g/mol. The van der Waals surface area contributed by atoms with Gasteiger partial charge in [-0.1, -0.05) is 17.9 Å². The summed E-state index contributed by atoms with van der Waals surface area (Å²) in [7, 11) is 0. The van der Waals surface area contributed by atoms with Gasteiger partial charge in [-0.05, 0) is 12.5 Å². The predicted octanol–water partition coefficient (Wildman–Crippen LogP) is 0.865. The summed E-state index contributed by atoms with van der Waals surface area (Å²) in [5.74, 6) is 0. The van der Waals surface area contributed by atoms with E-state index in [-0.39, 0.29) is 4.87 Å². The molecule has 4 heteroatoms. The molecule has 0 aliphatic heterocycles. The topological polar surface area (TPSA) is 45.8 Å². The van der Waals surface area contributed by atoms with E-state index in [9.17, 15) is 4.79 Å². The first-order valence-corrected chi connectivity index (χ1v) is 3.23. The van der Waals surface area contributed by atoms with Crippen LogP contribution in [0.3, 0.4) is 0 Å². The lowest BCUT2D eigenvalue weighted by molar-refractivity contribution is 1.04. The smallest absolute Gasteiger partial charge is 0.255 e. The maximum Gasteiger partial charge on any atom is 0.322 e. The molecule has 1 rings (SSSR count). The summed E-state index contributed by atoms with van der Waals surface area (Å²) >= 11 is 1.07. The number of allylic oxidation sites excluding steroid dienone is 1. The zero-order chi connectivity index (χ0) is 6.85. The van der Waals surface area contributed by atoms with Crippen LogP contribution in [0.5, 0.6) is 0 Å². The number of hydrogen-bond acceptors (Lipinski definition) is 3. The Morgan fingerprint density at radius 2 is 2.56 bits per heavy atom. The summed E-state index contributed by atoms with van der Waals surface area (Å²) in [5.41, 5.74) is 0.818. The van der Waals surface area contributed by atoms with E-state index in [1.807, 2.05) is 6.92 Å². The normalized spacial score (nSPS) is 9.44. The number of hydrogen-bond donors (Lipinski definition) is 1. The van der Waals surface area contributed by atoms with Crippen LogP contribution < -0.4 is 4.87 Å². The molecule has 0 fully saturated rings. The zero-order valence-corrected chi connectivity index (χ0v) is 5.79. The molecule has 3 nitrogen and oxygen atoms in total. The van der Waals surface area contributed by atoms with Crippen molar-refractivity contribution >= 4 is 16.9 Å². The van der Waals surface area contributed by atoms with E-state index >= 15 is 0 Å². The second-order valence-corrected chi connectivity index (χ2v) is 2.66. The largest absolute Gasteiger partial charge is 0.322 e. The third kappa shape index (κ3) is 1.26. The van der Waals surface area contributed by atoms with E-state index in [0.29, 0.717) is 5.01 Å². The molecule has 0 unspecified atom stereocenters. The third-order valence-electron chi connectivity index (χ3n) is 0.803. The Morgan fingerprint density at radius 3 is 2.78 bits per heavy atom. The van der Waals surface area contributed by atoms with E-state index in [2.05, 4.69) is 16.8 Å². The zero-order valence-electron chi connectivity index (χ0n) is 4.97. The van der Waals surface area contributed by atoms with Crippen molar-refractivity contribution in [2.45, 2.75) is 6.92 Å². The molecular weight excluding hydrogens is 136 g/mol. The van der Waals surface area contributed by atoms with Crippen LogP contribution in [0.15, 0.2) is 11.4 Å². The number of H-pyrrole nitrogens is 1. The van der Waals surface area contributed by atoms with Crippen LogP contribution in [0, 0.1) is 0 Å². The van der Waals surface area contributed by atoms with Gasteiger partial charge in [0.1, 0.15) is 5.01 Å². The van der Waals surface area contributed by atoms with Crippen molar-refractivity contribution in [1.29, 1.82) is 0 Å². The molecule has 0 aromatic carbocycles. The summed E-state index contributed by atoms with van der Waals surface area (Å²) in [6.45, 7) is 5.44.